The van der Waals surface area contributed by atoms with Crippen molar-refractivity contribution in [3.05, 3.63) is 57.4 Å². The Labute approximate surface area is 200 Å². The largest absolute Gasteiger partial charge is 0.496 e. The quantitative estimate of drug-likeness (QED) is 0.567. The lowest BCUT2D eigenvalue weighted by atomic mass is 9.94. The van der Waals surface area contributed by atoms with E-state index < -0.39 is 5.60 Å². The number of nitrogens with one attached hydrogen (secondary N) is 1. The summed E-state index contributed by atoms with van der Waals surface area (Å²) in [5, 5.41) is 0.538. The maximum absolute atomic E-state index is 12.9. The highest BCUT2D eigenvalue weighted by Crippen LogP contribution is 2.34. The summed E-state index contributed by atoms with van der Waals surface area (Å²) in [6.45, 7) is 10.8. The standard InChI is InChI=1S/C27H33N3O4/c1-16-12-17(2)24(23(13-16)33-6)20-10-9-19-22(31)14-21(29-25(19)28-20)18-8-7-11-30(15-18)26(32)34-27(3,4)5/h9-10,12-14,18H,7-8,11,15H2,1-6H3,(H,28,29,31). The van der Waals surface area contributed by atoms with Gasteiger partial charge in [0.1, 0.15) is 17.0 Å². The molecule has 0 saturated carbocycles. The fourth-order valence-electron chi connectivity index (χ4n) is 4.65. The molecule has 0 spiro atoms. The zero-order valence-corrected chi connectivity index (χ0v) is 20.8. The van der Waals surface area contributed by atoms with Gasteiger partial charge in [-0.15, -0.1) is 0 Å². The Kier molecular flexibility index (Phi) is 6.39. The third-order valence-corrected chi connectivity index (χ3v) is 6.14. The molecule has 7 nitrogen and oxygen atoms in total. The first-order valence-corrected chi connectivity index (χ1v) is 11.7. The number of nitrogens with zero attached hydrogens (tertiary/aromatic N) is 2. The van der Waals surface area contributed by atoms with E-state index in [0.29, 0.717) is 24.1 Å². The van der Waals surface area contributed by atoms with Crippen LogP contribution >= 0.6 is 0 Å². The van der Waals surface area contributed by atoms with Crippen molar-refractivity contribution in [3.8, 4) is 17.0 Å². The van der Waals surface area contributed by atoms with Crippen LogP contribution in [0.5, 0.6) is 5.75 Å². The predicted molar refractivity (Wildman–Crippen MR) is 134 cm³/mol. The van der Waals surface area contributed by atoms with Crippen molar-refractivity contribution in [3.63, 3.8) is 0 Å². The summed E-state index contributed by atoms with van der Waals surface area (Å²) in [5.41, 5.74) is 4.54. The van der Waals surface area contributed by atoms with E-state index in [1.54, 1.807) is 18.1 Å². The smallest absolute Gasteiger partial charge is 0.410 e. The van der Waals surface area contributed by atoms with Gasteiger partial charge in [0.05, 0.1) is 18.2 Å². The van der Waals surface area contributed by atoms with Crippen LogP contribution in [0, 0.1) is 13.8 Å². The summed E-state index contributed by atoms with van der Waals surface area (Å²) in [6.07, 6.45) is 1.41. The third kappa shape index (κ3) is 4.93. The molecular weight excluding hydrogens is 430 g/mol. The van der Waals surface area contributed by atoms with Gasteiger partial charge in [0, 0.05) is 36.3 Å². The van der Waals surface area contributed by atoms with Crippen LogP contribution < -0.4 is 10.2 Å². The van der Waals surface area contributed by atoms with Gasteiger partial charge >= 0.3 is 6.09 Å². The number of H-pyrrole nitrogens is 1. The summed E-state index contributed by atoms with van der Waals surface area (Å²) < 4.78 is 11.2. The Hall–Kier alpha value is -3.35. The van der Waals surface area contributed by atoms with Gasteiger partial charge in [0.25, 0.3) is 0 Å². The van der Waals surface area contributed by atoms with Crippen LogP contribution in [0.2, 0.25) is 0 Å². The molecule has 7 heteroatoms. The molecule has 1 atom stereocenters. The zero-order valence-electron chi connectivity index (χ0n) is 20.8. The topological polar surface area (TPSA) is 84.5 Å². The zero-order chi connectivity index (χ0) is 24.6. The highest BCUT2D eigenvalue weighted by atomic mass is 16.6. The molecule has 2 aromatic heterocycles. The number of likely N-dealkylation sites (tertiary alicyclic amines) is 1. The minimum absolute atomic E-state index is 0.0134. The number of benzene rings is 1. The summed E-state index contributed by atoms with van der Waals surface area (Å²) in [6, 6.07) is 9.40. The molecule has 1 saturated heterocycles. The summed E-state index contributed by atoms with van der Waals surface area (Å²) in [7, 11) is 1.65. The molecule has 0 aliphatic carbocycles. The Morgan fingerprint density at radius 3 is 2.65 bits per heavy atom. The van der Waals surface area contributed by atoms with Gasteiger partial charge in [0.15, 0.2) is 5.43 Å². The van der Waals surface area contributed by atoms with Crippen molar-refractivity contribution in [2.24, 2.45) is 0 Å². The molecule has 4 rings (SSSR count). The number of aryl methyl sites for hydroxylation is 2. The van der Waals surface area contributed by atoms with E-state index in [4.69, 9.17) is 14.5 Å². The van der Waals surface area contributed by atoms with Crippen molar-refractivity contribution in [2.45, 2.75) is 59.0 Å². The lowest BCUT2D eigenvalue weighted by molar-refractivity contribution is 0.0197. The Balaban J connectivity index is 1.70. The van der Waals surface area contributed by atoms with Gasteiger partial charge < -0.3 is 19.4 Å². The van der Waals surface area contributed by atoms with Crippen LogP contribution in [0.25, 0.3) is 22.3 Å². The highest BCUT2D eigenvalue weighted by molar-refractivity contribution is 5.81. The molecule has 1 amide bonds. The summed E-state index contributed by atoms with van der Waals surface area (Å²) in [4.78, 5) is 35.5. The van der Waals surface area contributed by atoms with E-state index in [1.165, 1.54) is 0 Å². The first-order valence-electron chi connectivity index (χ1n) is 11.7. The van der Waals surface area contributed by atoms with E-state index in [1.807, 2.05) is 52.8 Å². The number of rotatable bonds is 3. The number of pyridine rings is 2. The Morgan fingerprint density at radius 2 is 1.94 bits per heavy atom. The van der Waals surface area contributed by atoms with Crippen LogP contribution in [0.3, 0.4) is 0 Å². The maximum atomic E-state index is 12.9. The molecule has 1 aliphatic heterocycles. The van der Waals surface area contributed by atoms with Crippen molar-refractivity contribution in [1.82, 2.24) is 14.9 Å². The van der Waals surface area contributed by atoms with Crippen molar-refractivity contribution >= 4 is 17.1 Å². The number of hydrogen-bond acceptors (Lipinski definition) is 5. The van der Waals surface area contributed by atoms with Gasteiger partial charge in [0.2, 0.25) is 0 Å². The fraction of sp³-hybridized carbons (Fsp3) is 0.444. The van der Waals surface area contributed by atoms with Gasteiger partial charge in [-0.2, -0.15) is 0 Å². The van der Waals surface area contributed by atoms with Crippen LogP contribution in [0.15, 0.2) is 35.1 Å². The molecule has 1 aromatic carbocycles. The van der Waals surface area contributed by atoms with E-state index in [9.17, 15) is 9.59 Å². The van der Waals surface area contributed by atoms with Crippen molar-refractivity contribution in [2.75, 3.05) is 20.2 Å². The summed E-state index contributed by atoms with van der Waals surface area (Å²) >= 11 is 0. The number of hydrogen-bond donors (Lipinski definition) is 1. The number of ether oxygens (including phenoxy) is 2. The van der Waals surface area contributed by atoms with Crippen LogP contribution in [-0.4, -0.2) is 46.8 Å². The van der Waals surface area contributed by atoms with Crippen LogP contribution in [0.4, 0.5) is 4.79 Å². The molecule has 3 heterocycles. The van der Waals surface area contributed by atoms with E-state index in [2.05, 4.69) is 11.1 Å². The second-order valence-electron chi connectivity index (χ2n) is 10.1. The van der Waals surface area contributed by atoms with E-state index in [-0.39, 0.29) is 17.4 Å². The maximum Gasteiger partial charge on any atom is 0.410 e. The molecule has 180 valence electrons. The second-order valence-corrected chi connectivity index (χ2v) is 10.1. The molecule has 0 radical (unpaired) electrons. The number of aromatic amines is 1. The number of aromatic nitrogens is 2. The third-order valence-electron chi connectivity index (χ3n) is 6.14. The number of carbonyl (C=O) groups is 1. The van der Waals surface area contributed by atoms with Gasteiger partial charge in [-0.1, -0.05) is 6.07 Å². The van der Waals surface area contributed by atoms with E-state index in [0.717, 1.165) is 46.7 Å². The highest BCUT2D eigenvalue weighted by Gasteiger charge is 2.29. The lowest BCUT2D eigenvalue weighted by Gasteiger charge is -2.34. The number of amides is 1. The number of fused-ring (bicyclic) bond motifs is 1. The molecule has 3 aromatic rings. The average Bonchev–Trinajstić information content (AvgIpc) is 2.77. The molecule has 34 heavy (non-hydrogen) atoms. The normalized spacial score (nSPS) is 16.5. The minimum Gasteiger partial charge on any atom is -0.496 e. The SMILES string of the molecule is COc1cc(C)cc(C)c1-c1ccc2c(=O)cc(C3CCCN(C(=O)OC(C)(C)C)C3)[nH]c2n1. The average molecular weight is 464 g/mol. The van der Waals surface area contributed by atoms with Gasteiger partial charge in [-0.3, -0.25) is 4.79 Å². The second kappa shape index (κ2) is 9.12. The van der Waals surface area contributed by atoms with Crippen molar-refractivity contribution < 1.29 is 14.3 Å². The summed E-state index contributed by atoms with van der Waals surface area (Å²) in [5.74, 6) is 0.766. The first kappa shape index (κ1) is 23.8. The molecular formula is C27H33N3O4. The number of methoxy groups -OCH3 is 1. The fourth-order valence-corrected chi connectivity index (χ4v) is 4.65. The molecule has 1 aliphatic rings. The predicted octanol–water partition coefficient (Wildman–Crippen LogP) is 5.33. The molecule has 1 unspecified atom stereocenters. The minimum atomic E-state index is -0.545. The van der Waals surface area contributed by atoms with E-state index >= 15 is 0 Å². The molecule has 1 N–H and O–H groups in total. The van der Waals surface area contributed by atoms with Crippen molar-refractivity contribution in [1.29, 1.82) is 0 Å². The molecule has 1 fully saturated rings. The Bertz CT molecular complexity index is 1290. The van der Waals surface area contributed by atoms with Gasteiger partial charge in [-0.05, 0) is 76.8 Å². The number of piperidine rings is 1. The van der Waals surface area contributed by atoms with Crippen LogP contribution in [-0.2, 0) is 4.74 Å². The monoisotopic (exact) mass is 463 g/mol. The number of carbonyl (C=O) groups excluding carboxylic acids is 1. The lowest BCUT2D eigenvalue weighted by Crippen LogP contribution is -2.42. The molecule has 0 bridgehead atoms. The van der Waals surface area contributed by atoms with Crippen LogP contribution in [0.1, 0.15) is 56.4 Å². The Morgan fingerprint density at radius 1 is 1.18 bits per heavy atom. The van der Waals surface area contributed by atoms with Gasteiger partial charge in [-0.25, -0.2) is 9.78 Å². The first-order chi connectivity index (χ1) is 16.1.